The van der Waals surface area contributed by atoms with Gasteiger partial charge in [0.1, 0.15) is 5.75 Å². The van der Waals surface area contributed by atoms with Crippen LogP contribution in [0.4, 0.5) is 5.69 Å². The van der Waals surface area contributed by atoms with Gasteiger partial charge in [-0.2, -0.15) is 0 Å². The Kier molecular flexibility index (Phi) is 5.43. The number of carbonyl (C=O) groups excluding carboxylic acids is 2. The maximum atomic E-state index is 11.8. The van der Waals surface area contributed by atoms with Crippen molar-refractivity contribution in [1.29, 1.82) is 0 Å². The predicted octanol–water partition coefficient (Wildman–Crippen LogP) is 1.44. The second-order valence-electron chi connectivity index (χ2n) is 5.07. The summed E-state index contributed by atoms with van der Waals surface area (Å²) in [5, 5.41) is 2.97. The molecule has 6 heteroatoms. The van der Waals surface area contributed by atoms with E-state index in [1.165, 1.54) is 0 Å². The summed E-state index contributed by atoms with van der Waals surface area (Å²) in [5.74, 6) is 0.304. The lowest BCUT2D eigenvalue weighted by atomic mass is 10.1. The van der Waals surface area contributed by atoms with Gasteiger partial charge in [0.15, 0.2) is 0 Å². The third-order valence-electron chi connectivity index (χ3n) is 3.60. The molecule has 1 aromatic rings. The molecule has 0 unspecified atom stereocenters. The molecule has 3 N–H and O–H groups in total. The lowest BCUT2D eigenvalue weighted by molar-refractivity contribution is -0.130. The second kappa shape index (κ2) is 7.52. The summed E-state index contributed by atoms with van der Waals surface area (Å²) in [6, 6.07) is 7.34. The minimum Gasteiger partial charge on any atom is -0.495 e. The van der Waals surface area contributed by atoms with E-state index in [2.05, 4.69) is 16.2 Å². The van der Waals surface area contributed by atoms with Crippen LogP contribution in [-0.2, 0) is 9.59 Å². The molecule has 0 heterocycles. The average Bonchev–Trinajstić information content (AvgIpc) is 3.05. The standard InChI is InChI=1S/C15H21N3O3/c1-21-13-9-5-4-8-12(13)16-10-14(19)17-18-15(20)11-6-2-3-7-11/h4-5,8-9,11,16H,2-3,6-7,10H2,1H3,(H,17,19)(H,18,20). The monoisotopic (exact) mass is 291 g/mol. The summed E-state index contributed by atoms with van der Waals surface area (Å²) < 4.78 is 5.18. The van der Waals surface area contributed by atoms with Gasteiger partial charge >= 0.3 is 0 Å². The van der Waals surface area contributed by atoms with Gasteiger partial charge in [-0.3, -0.25) is 20.4 Å². The first kappa shape index (κ1) is 15.2. The molecule has 1 fully saturated rings. The molecule has 0 saturated heterocycles. The Hall–Kier alpha value is -2.24. The number of anilines is 1. The molecule has 2 amide bonds. The van der Waals surface area contributed by atoms with E-state index in [9.17, 15) is 9.59 Å². The number of carbonyl (C=O) groups is 2. The van der Waals surface area contributed by atoms with Crippen LogP contribution in [0, 0.1) is 5.92 Å². The Labute approximate surface area is 124 Å². The zero-order valence-electron chi connectivity index (χ0n) is 12.1. The zero-order chi connectivity index (χ0) is 15.1. The zero-order valence-corrected chi connectivity index (χ0v) is 12.1. The molecule has 1 saturated carbocycles. The van der Waals surface area contributed by atoms with Crippen LogP contribution in [0.1, 0.15) is 25.7 Å². The largest absolute Gasteiger partial charge is 0.495 e. The van der Waals surface area contributed by atoms with Crippen molar-refractivity contribution in [2.45, 2.75) is 25.7 Å². The number of ether oxygens (including phenoxy) is 1. The summed E-state index contributed by atoms with van der Waals surface area (Å²) in [6.07, 6.45) is 3.98. The van der Waals surface area contributed by atoms with Crippen LogP contribution in [0.5, 0.6) is 5.75 Å². The number of amides is 2. The Bertz CT molecular complexity index is 499. The normalized spacial score (nSPS) is 14.5. The summed E-state index contributed by atoms with van der Waals surface area (Å²) in [4.78, 5) is 23.5. The van der Waals surface area contributed by atoms with E-state index >= 15 is 0 Å². The summed E-state index contributed by atoms with van der Waals surface area (Å²) in [5.41, 5.74) is 5.64. The average molecular weight is 291 g/mol. The molecular weight excluding hydrogens is 270 g/mol. The number of rotatable bonds is 5. The summed E-state index contributed by atoms with van der Waals surface area (Å²) in [6.45, 7) is 0.0608. The molecule has 1 aliphatic rings. The molecule has 0 aromatic heterocycles. The predicted molar refractivity (Wildman–Crippen MR) is 79.7 cm³/mol. The van der Waals surface area contributed by atoms with E-state index in [1.807, 2.05) is 24.3 Å². The topological polar surface area (TPSA) is 79.5 Å². The summed E-state index contributed by atoms with van der Waals surface area (Å²) in [7, 11) is 1.57. The van der Waals surface area contributed by atoms with E-state index in [0.717, 1.165) is 31.4 Å². The number of methoxy groups -OCH3 is 1. The Balaban J connectivity index is 1.73. The van der Waals surface area contributed by atoms with Gasteiger partial charge in [0.05, 0.1) is 19.3 Å². The van der Waals surface area contributed by atoms with E-state index in [4.69, 9.17) is 4.74 Å². The first-order valence-electron chi connectivity index (χ1n) is 7.16. The lowest BCUT2D eigenvalue weighted by Gasteiger charge is -2.13. The van der Waals surface area contributed by atoms with Gasteiger partial charge in [0.25, 0.3) is 5.91 Å². The molecule has 0 bridgehead atoms. The molecule has 0 radical (unpaired) electrons. The SMILES string of the molecule is COc1ccccc1NCC(=O)NNC(=O)C1CCCC1. The Morgan fingerprint density at radius 1 is 1.19 bits per heavy atom. The molecule has 6 nitrogen and oxygen atoms in total. The summed E-state index contributed by atoms with van der Waals surface area (Å²) >= 11 is 0. The van der Waals surface area contributed by atoms with E-state index in [-0.39, 0.29) is 24.3 Å². The highest BCUT2D eigenvalue weighted by Crippen LogP contribution is 2.24. The van der Waals surface area contributed by atoms with Gasteiger partial charge in [-0.05, 0) is 25.0 Å². The highest BCUT2D eigenvalue weighted by molar-refractivity contribution is 5.85. The van der Waals surface area contributed by atoms with Crippen molar-refractivity contribution in [3.63, 3.8) is 0 Å². The molecule has 1 aromatic carbocycles. The number of benzene rings is 1. The quantitative estimate of drug-likeness (QED) is 0.717. The van der Waals surface area contributed by atoms with Crippen LogP contribution in [0.3, 0.4) is 0 Å². The van der Waals surface area contributed by atoms with E-state index in [0.29, 0.717) is 5.75 Å². The van der Waals surface area contributed by atoms with Crippen molar-refractivity contribution in [3.8, 4) is 5.75 Å². The smallest absolute Gasteiger partial charge is 0.257 e. The first-order valence-corrected chi connectivity index (χ1v) is 7.16. The number of para-hydroxylation sites is 2. The highest BCUT2D eigenvalue weighted by Gasteiger charge is 2.22. The van der Waals surface area contributed by atoms with Gasteiger partial charge < -0.3 is 10.1 Å². The van der Waals surface area contributed by atoms with Gasteiger partial charge in [-0.1, -0.05) is 25.0 Å². The van der Waals surface area contributed by atoms with E-state index in [1.54, 1.807) is 7.11 Å². The number of nitrogens with one attached hydrogen (secondary N) is 3. The fourth-order valence-electron chi connectivity index (χ4n) is 2.43. The molecule has 0 spiro atoms. The first-order chi connectivity index (χ1) is 10.2. The number of hydrogen-bond acceptors (Lipinski definition) is 4. The van der Waals surface area contributed by atoms with Crippen LogP contribution in [0.2, 0.25) is 0 Å². The molecule has 21 heavy (non-hydrogen) atoms. The number of hydrogen-bond donors (Lipinski definition) is 3. The maximum Gasteiger partial charge on any atom is 0.257 e. The molecule has 2 rings (SSSR count). The lowest BCUT2D eigenvalue weighted by Crippen LogP contribution is -2.46. The fraction of sp³-hybridized carbons (Fsp3) is 0.467. The van der Waals surface area contributed by atoms with Crippen LogP contribution in [0.25, 0.3) is 0 Å². The van der Waals surface area contributed by atoms with Crippen molar-refractivity contribution in [3.05, 3.63) is 24.3 Å². The van der Waals surface area contributed by atoms with E-state index < -0.39 is 0 Å². The fourth-order valence-corrected chi connectivity index (χ4v) is 2.43. The third-order valence-corrected chi connectivity index (χ3v) is 3.60. The number of hydrazine groups is 1. The van der Waals surface area contributed by atoms with Gasteiger partial charge in [0, 0.05) is 5.92 Å². The van der Waals surface area contributed by atoms with Crippen molar-refractivity contribution in [1.82, 2.24) is 10.9 Å². The second-order valence-corrected chi connectivity index (χ2v) is 5.07. The minimum absolute atomic E-state index is 0.0347. The maximum absolute atomic E-state index is 11.8. The van der Waals surface area contributed by atoms with Gasteiger partial charge in [-0.15, -0.1) is 0 Å². The third kappa shape index (κ3) is 4.37. The molecule has 1 aliphatic carbocycles. The molecule has 0 aliphatic heterocycles. The van der Waals surface area contributed by atoms with Crippen molar-refractivity contribution in [2.75, 3.05) is 19.0 Å². The Morgan fingerprint density at radius 2 is 1.90 bits per heavy atom. The highest BCUT2D eigenvalue weighted by atomic mass is 16.5. The van der Waals surface area contributed by atoms with Crippen LogP contribution >= 0.6 is 0 Å². The molecule has 114 valence electrons. The van der Waals surface area contributed by atoms with Gasteiger partial charge in [-0.25, -0.2) is 0 Å². The van der Waals surface area contributed by atoms with Crippen LogP contribution in [-0.4, -0.2) is 25.5 Å². The van der Waals surface area contributed by atoms with Crippen LogP contribution < -0.4 is 20.9 Å². The van der Waals surface area contributed by atoms with Crippen molar-refractivity contribution in [2.24, 2.45) is 5.92 Å². The van der Waals surface area contributed by atoms with Crippen molar-refractivity contribution >= 4 is 17.5 Å². The van der Waals surface area contributed by atoms with Crippen LogP contribution in [0.15, 0.2) is 24.3 Å². The molecule has 0 atom stereocenters. The van der Waals surface area contributed by atoms with Crippen molar-refractivity contribution < 1.29 is 14.3 Å². The minimum atomic E-state index is -0.299. The molecular formula is C15H21N3O3. The van der Waals surface area contributed by atoms with Gasteiger partial charge in [0.2, 0.25) is 5.91 Å². The Morgan fingerprint density at radius 3 is 2.62 bits per heavy atom.